The number of hydrogen-bond donors (Lipinski definition) is 0. The van der Waals surface area contributed by atoms with Crippen molar-refractivity contribution in [3.05, 3.63) is 94.5 Å². The third-order valence-corrected chi connectivity index (χ3v) is 7.87. The zero-order valence-electron chi connectivity index (χ0n) is 18.3. The lowest BCUT2D eigenvalue weighted by Crippen LogP contribution is -2.48. The molecule has 0 spiro atoms. The lowest BCUT2D eigenvalue weighted by Gasteiger charge is -2.35. The van der Waals surface area contributed by atoms with E-state index < -0.39 is 16.0 Å². The molecule has 0 aliphatic carbocycles. The summed E-state index contributed by atoms with van der Waals surface area (Å²) in [5, 5.41) is 0.150. The van der Waals surface area contributed by atoms with Gasteiger partial charge in [-0.25, -0.2) is 13.2 Å². The predicted octanol–water partition coefficient (Wildman–Crippen LogP) is 4.52. The van der Waals surface area contributed by atoms with Gasteiger partial charge in [0.05, 0.1) is 15.5 Å². The standard InChI is InChI=1S/C25H25ClN2O4S/c1-19-7-9-20(10-8-19)18-32-25(29)23-17-22(11-12-24(23)26)33(30,31)28-15-13-27(14-16-28)21-5-3-2-4-6-21/h2-12,17H,13-16,18H2,1H3. The largest absolute Gasteiger partial charge is 0.457 e. The number of rotatable bonds is 6. The van der Waals surface area contributed by atoms with Gasteiger partial charge in [-0.05, 0) is 42.8 Å². The van der Waals surface area contributed by atoms with Crippen LogP contribution in [0.1, 0.15) is 21.5 Å². The normalized spacial score (nSPS) is 14.8. The molecule has 1 saturated heterocycles. The van der Waals surface area contributed by atoms with Crippen molar-refractivity contribution in [3.8, 4) is 0 Å². The fraction of sp³-hybridized carbons (Fsp3) is 0.240. The minimum Gasteiger partial charge on any atom is -0.457 e. The first-order chi connectivity index (χ1) is 15.8. The van der Waals surface area contributed by atoms with E-state index in [2.05, 4.69) is 4.90 Å². The Hall–Kier alpha value is -2.87. The number of esters is 1. The number of aryl methyl sites for hydroxylation is 1. The SMILES string of the molecule is Cc1ccc(COC(=O)c2cc(S(=O)(=O)N3CCN(c4ccccc4)CC3)ccc2Cl)cc1. The second-order valence-corrected chi connectivity index (χ2v) is 10.3. The molecule has 0 unspecified atom stereocenters. The average Bonchev–Trinajstić information content (AvgIpc) is 2.84. The molecule has 0 amide bonds. The van der Waals surface area contributed by atoms with Gasteiger partial charge in [0, 0.05) is 31.9 Å². The van der Waals surface area contributed by atoms with Crippen molar-refractivity contribution >= 4 is 33.3 Å². The van der Waals surface area contributed by atoms with Crippen LogP contribution in [-0.2, 0) is 21.4 Å². The van der Waals surface area contributed by atoms with Crippen molar-refractivity contribution in [2.75, 3.05) is 31.1 Å². The van der Waals surface area contributed by atoms with E-state index in [-0.39, 0.29) is 22.1 Å². The van der Waals surface area contributed by atoms with E-state index in [4.69, 9.17) is 16.3 Å². The molecule has 0 radical (unpaired) electrons. The molecule has 0 bridgehead atoms. The Bertz CT molecular complexity index is 1220. The number of anilines is 1. The van der Waals surface area contributed by atoms with Crippen LogP contribution in [0.25, 0.3) is 0 Å². The third-order valence-electron chi connectivity index (χ3n) is 5.65. The van der Waals surface area contributed by atoms with Crippen LogP contribution in [0.4, 0.5) is 5.69 Å². The van der Waals surface area contributed by atoms with E-state index >= 15 is 0 Å². The Balaban J connectivity index is 1.45. The highest BCUT2D eigenvalue weighted by Gasteiger charge is 2.29. The number of sulfonamides is 1. The number of nitrogens with zero attached hydrogens (tertiary/aromatic N) is 2. The lowest BCUT2D eigenvalue weighted by atomic mass is 10.2. The van der Waals surface area contributed by atoms with Crippen LogP contribution in [0.15, 0.2) is 77.7 Å². The van der Waals surface area contributed by atoms with E-state index in [0.717, 1.165) is 16.8 Å². The van der Waals surface area contributed by atoms with Crippen LogP contribution >= 0.6 is 11.6 Å². The summed E-state index contributed by atoms with van der Waals surface area (Å²) in [6, 6.07) is 21.7. The summed E-state index contributed by atoms with van der Waals surface area (Å²) < 4.78 is 33.3. The maximum absolute atomic E-state index is 13.2. The van der Waals surface area contributed by atoms with Crippen LogP contribution in [0.5, 0.6) is 0 Å². The highest BCUT2D eigenvalue weighted by Crippen LogP contribution is 2.26. The molecule has 0 aromatic heterocycles. The van der Waals surface area contributed by atoms with Gasteiger partial charge in [-0.2, -0.15) is 4.31 Å². The number of halogens is 1. The topological polar surface area (TPSA) is 66.9 Å². The summed E-state index contributed by atoms with van der Waals surface area (Å²) in [4.78, 5) is 14.8. The quantitative estimate of drug-likeness (QED) is 0.481. The van der Waals surface area contributed by atoms with Gasteiger partial charge in [-0.15, -0.1) is 0 Å². The lowest BCUT2D eigenvalue weighted by molar-refractivity contribution is 0.0472. The summed E-state index contributed by atoms with van der Waals surface area (Å²) >= 11 is 6.20. The Kier molecular flexibility index (Phi) is 7.02. The molecule has 1 aliphatic rings. The van der Waals surface area contributed by atoms with Crippen molar-refractivity contribution in [2.45, 2.75) is 18.4 Å². The maximum Gasteiger partial charge on any atom is 0.340 e. The molecule has 3 aromatic carbocycles. The molecule has 1 heterocycles. The molecule has 172 valence electrons. The fourth-order valence-corrected chi connectivity index (χ4v) is 5.35. The van der Waals surface area contributed by atoms with Crippen molar-refractivity contribution in [1.82, 2.24) is 4.31 Å². The van der Waals surface area contributed by atoms with Gasteiger partial charge in [0.2, 0.25) is 10.0 Å². The van der Waals surface area contributed by atoms with Crippen molar-refractivity contribution in [2.24, 2.45) is 0 Å². The maximum atomic E-state index is 13.2. The molecule has 4 rings (SSSR count). The van der Waals surface area contributed by atoms with Crippen molar-refractivity contribution < 1.29 is 17.9 Å². The second-order valence-electron chi connectivity index (χ2n) is 7.93. The summed E-state index contributed by atoms with van der Waals surface area (Å²) in [7, 11) is -3.77. The summed E-state index contributed by atoms with van der Waals surface area (Å²) in [6.07, 6.45) is 0. The second kappa shape index (κ2) is 9.95. The number of benzene rings is 3. The summed E-state index contributed by atoms with van der Waals surface area (Å²) in [6.45, 7) is 3.93. The van der Waals surface area contributed by atoms with E-state index in [0.29, 0.717) is 26.2 Å². The molecule has 0 atom stereocenters. The smallest absolute Gasteiger partial charge is 0.340 e. The van der Waals surface area contributed by atoms with Crippen LogP contribution in [0, 0.1) is 6.92 Å². The average molecular weight is 485 g/mol. The number of hydrogen-bond acceptors (Lipinski definition) is 5. The van der Waals surface area contributed by atoms with Crippen molar-refractivity contribution in [1.29, 1.82) is 0 Å². The van der Waals surface area contributed by atoms with Gasteiger partial charge in [0.1, 0.15) is 6.61 Å². The molecule has 33 heavy (non-hydrogen) atoms. The van der Waals surface area contributed by atoms with E-state index in [9.17, 15) is 13.2 Å². The Morgan fingerprint density at radius 2 is 1.61 bits per heavy atom. The molecule has 6 nitrogen and oxygen atoms in total. The third kappa shape index (κ3) is 5.38. The summed E-state index contributed by atoms with van der Waals surface area (Å²) in [5.74, 6) is -0.661. The van der Waals surface area contributed by atoms with Gasteiger partial charge in [0.15, 0.2) is 0 Å². The monoisotopic (exact) mass is 484 g/mol. The number of ether oxygens (including phenoxy) is 1. The molecular weight excluding hydrogens is 460 g/mol. The highest BCUT2D eigenvalue weighted by atomic mass is 35.5. The number of para-hydroxylation sites is 1. The number of carbonyl (C=O) groups is 1. The Morgan fingerprint density at radius 3 is 2.27 bits per heavy atom. The van der Waals surface area contributed by atoms with E-state index in [1.165, 1.54) is 22.5 Å². The fourth-order valence-electron chi connectivity index (χ4n) is 3.71. The molecule has 1 aliphatic heterocycles. The van der Waals surface area contributed by atoms with Crippen LogP contribution in [0.2, 0.25) is 5.02 Å². The molecule has 0 N–H and O–H groups in total. The molecule has 1 fully saturated rings. The van der Waals surface area contributed by atoms with Gasteiger partial charge in [-0.1, -0.05) is 59.6 Å². The van der Waals surface area contributed by atoms with Crippen LogP contribution in [-0.4, -0.2) is 44.9 Å². The Morgan fingerprint density at radius 1 is 0.939 bits per heavy atom. The molecular formula is C25H25ClN2O4S. The zero-order chi connectivity index (χ0) is 23.4. The predicted molar refractivity (Wildman–Crippen MR) is 129 cm³/mol. The van der Waals surface area contributed by atoms with Gasteiger partial charge in [-0.3, -0.25) is 0 Å². The molecule has 0 saturated carbocycles. The molecule has 3 aromatic rings. The first-order valence-corrected chi connectivity index (χ1v) is 12.5. The molecule has 8 heteroatoms. The van der Waals surface area contributed by atoms with Gasteiger partial charge < -0.3 is 9.64 Å². The van der Waals surface area contributed by atoms with Gasteiger partial charge >= 0.3 is 5.97 Å². The highest BCUT2D eigenvalue weighted by molar-refractivity contribution is 7.89. The van der Waals surface area contributed by atoms with Gasteiger partial charge in [0.25, 0.3) is 0 Å². The number of piperazine rings is 1. The van der Waals surface area contributed by atoms with E-state index in [1.54, 1.807) is 0 Å². The van der Waals surface area contributed by atoms with Crippen LogP contribution in [0.3, 0.4) is 0 Å². The first kappa shape index (κ1) is 23.3. The minimum absolute atomic E-state index is 0.0300. The first-order valence-electron chi connectivity index (χ1n) is 10.7. The minimum atomic E-state index is -3.77. The zero-order valence-corrected chi connectivity index (χ0v) is 19.8. The Labute approximate surface area is 199 Å². The van der Waals surface area contributed by atoms with Crippen molar-refractivity contribution in [3.63, 3.8) is 0 Å². The van der Waals surface area contributed by atoms with E-state index in [1.807, 2.05) is 61.5 Å². The summed E-state index contributed by atoms with van der Waals surface area (Å²) in [5.41, 5.74) is 3.05. The van der Waals surface area contributed by atoms with Crippen LogP contribution < -0.4 is 4.90 Å². The number of carbonyl (C=O) groups excluding carboxylic acids is 1.